The first kappa shape index (κ1) is 56.3. The molecule has 2 aromatic heterocycles. The van der Waals surface area contributed by atoms with Gasteiger partial charge in [0.25, 0.3) is 5.56 Å². The van der Waals surface area contributed by atoms with Crippen LogP contribution in [0, 0.1) is 0 Å². The Bertz CT molecular complexity index is 2680. The SMILES string of the molecule is Nc1nc2c(ncn2COC(COC(=O)[C@H](CCCCNC(=O)OCc2ccccc2)NC(=O)OCc2ccccc2)COC(=O)[C@H](CCCCNC(=O)OCc2ccccc2)NC(=O)OCc2ccccc2)c(=O)[nH]1. The van der Waals surface area contributed by atoms with Crippen LogP contribution in [-0.2, 0) is 75.9 Å². The smallest absolute Gasteiger partial charge is 0.408 e. The molecule has 7 N–H and O–H groups in total. The fourth-order valence-corrected chi connectivity index (χ4v) is 7.13. The molecule has 0 unspecified atom stereocenters. The highest BCUT2D eigenvalue weighted by molar-refractivity contribution is 5.82. The van der Waals surface area contributed by atoms with Crippen molar-refractivity contribution in [2.45, 2.75) is 89.9 Å². The molecule has 0 aliphatic rings. The predicted octanol–water partition coefficient (Wildman–Crippen LogP) is 5.91. The Morgan fingerprint density at radius 3 is 1.34 bits per heavy atom. The number of esters is 2. The Morgan fingerprint density at radius 2 is 0.934 bits per heavy atom. The van der Waals surface area contributed by atoms with Crippen molar-refractivity contribution < 1.29 is 61.9 Å². The third kappa shape index (κ3) is 20.1. The minimum atomic E-state index is -1.25. The number of nitrogen functional groups attached to an aromatic ring is 1. The van der Waals surface area contributed by atoms with E-state index in [1.807, 2.05) is 72.8 Å². The monoisotopic (exact) mass is 1050 g/mol. The lowest BCUT2D eigenvalue weighted by molar-refractivity contribution is -0.160. The number of carbonyl (C=O) groups is 6. The lowest BCUT2D eigenvalue weighted by Crippen LogP contribution is -2.44. The summed E-state index contributed by atoms with van der Waals surface area (Å²) in [5.74, 6) is -1.96. The van der Waals surface area contributed by atoms with Crippen LogP contribution in [0.1, 0.15) is 60.8 Å². The molecule has 2 atom stereocenters. The molecule has 0 bridgehead atoms. The number of fused-ring (bicyclic) bond motifs is 1. The number of H-pyrrole nitrogens is 1. The zero-order valence-electron chi connectivity index (χ0n) is 41.6. The van der Waals surface area contributed by atoms with Gasteiger partial charge in [0, 0.05) is 13.1 Å². The maximum atomic E-state index is 13.9. The molecular weight excluding hydrogens is 987 g/mol. The van der Waals surface area contributed by atoms with Crippen LogP contribution in [0.2, 0.25) is 0 Å². The van der Waals surface area contributed by atoms with Gasteiger partial charge in [0.1, 0.15) is 64.6 Å². The van der Waals surface area contributed by atoms with Gasteiger partial charge in [-0.3, -0.25) is 14.3 Å². The molecule has 23 heteroatoms. The number of nitrogens with two attached hydrogens (primary N) is 1. The zero-order chi connectivity index (χ0) is 53.7. The molecule has 0 saturated carbocycles. The summed E-state index contributed by atoms with van der Waals surface area (Å²) >= 11 is 0. The lowest BCUT2D eigenvalue weighted by atomic mass is 10.1. The van der Waals surface area contributed by atoms with Gasteiger partial charge in [0.2, 0.25) is 5.95 Å². The number of nitrogens with one attached hydrogen (secondary N) is 5. The Kier molecular flexibility index (Phi) is 22.9. The van der Waals surface area contributed by atoms with Gasteiger partial charge in [-0.05, 0) is 60.8 Å². The Balaban J connectivity index is 1.09. The summed E-state index contributed by atoms with van der Waals surface area (Å²) in [5, 5.41) is 10.5. The van der Waals surface area contributed by atoms with Crippen LogP contribution in [0.5, 0.6) is 0 Å². The fourth-order valence-electron chi connectivity index (χ4n) is 7.13. The molecule has 0 radical (unpaired) electrons. The molecule has 0 spiro atoms. The standard InChI is InChI=1S/C53H61N9O14/c54-49-60-45-44(46(63)61-49)57-35-62(45)36-76-41(33-70-47(64)42(58-52(68)74-31-39-21-9-3-10-22-39)25-13-15-27-55-50(66)72-29-37-17-5-1-6-18-37)34-71-48(65)43(59-53(69)75-32-40-23-11-4-12-24-40)26-14-16-28-56-51(67)73-30-38-19-7-2-8-20-38/h1-12,17-24,35,41-43H,13-16,25-34,36H2,(H,55,66)(H,56,67)(H,58,68)(H,59,69)(H3,54,60,61,63)/t42-,43-/m0/s1. The zero-order valence-corrected chi connectivity index (χ0v) is 41.6. The predicted molar refractivity (Wildman–Crippen MR) is 273 cm³/mol. The van der Waals surface area contributed by atoms with Crippen molar-refractivity contribution in [3.8, 4) is 0 Å². The molecule has 76 heavy (non-hydrogen) atoms. The number of unbranched alkanes of at least 4 members (excludes halogenated alkanes) is 2. The van der Waals surface area contributed by atoms with Crippen molar-refractivity contribution in [3.05, 3.63) is 160 Å². The van der Waals surface area contributed by atoms with Crippen molar-refractivity contribution in [2.75, 3.05) is 32.0 Å². The number of rotatable bonds is 29. The number of hydrogen-bond donors (Lipinski definition) is 6. The van der Waals surface area contributed by atoms with E-state index in [0.29, 0.717) is 36.8 Å². The third-order valence-electron chi connectivity index (χ3n) is 11.1. The van der Waals surface area contributed by atoms with E-state index < -0.39 is 73.3 Å². The van der Waals surface area contributed by atoms with Crippen LogP contribution in [-0.4, -0.2) is 100 Å². The first-order valence-electron chi connectivity index (χ1n) is 24.5. The summed E-state index contributed by atoms with van der Waals surface area (Å²) in [6.07, 6.45) is -1.43. The maximum absolute atomic E-state index is 13.9. The third-order valence-corrected chi connectivity index (χ3v) is 11.1. The summed E-state index contributed by atoms with van der Waals surface area (Å²) in [5.41, 5.74) is 8.29. The van der Waals surface area contributed by atoms with Gasteiger partial charge in [0.15, 0.2) is 11.2 Å². The number of alkyl carbamates (subject to hydrolysis) is 4. The van der Waals surface area contributed by atoms with Crippen molar-refractivity contribution >= 4 is 53.4 Å². The number of aromatic nitrogens is 4. The molecule has 2 heterocycles. The summed E-state index contributed by atoms with van der Waals surface area (Å²) in [6.45, 7) is -1.02. The van der Waals surface area contributed by atoms with Gasteiger partial charge in [0.05, 0.1) is 6.33 Å². The number of nitrogens with zero attached hydrogens (tertiary/aromatic N) is 3. The first-order chi connectivity index (χ1) is 37.0. The van der Waals surface area contributed by atoms with Crippen molar-refractivity contribution in [3.63, 3.8) is 0 Å². The van der Waals surface area contributed by atoms with Gasteiger partial charge < -0.3 is 60.2 Å². The Labute approximate surface area is 437 Å². The van der Waals surface area contributed by atoms with Crippen LogP contribution in [0.4, 0.5) is 25.1 Å². The molecule has 4 aromatic carbocycles. The van der Waals surface area contributed by atoms with E-state index >= 15 is 0 Å². The van der Waals surface area contributed by atoms with Crippen molar-refractivity contribution in [1.29, 1.82) is 0 Å². The van der Waals surface area contributed by atoms with E-state index in [9.17, 15) is 33.6 Å². The van der Waals surface area contributed by atoms with E-state index in [4.69, 9.17) is 38.9 Å². The summed E-state index contributed by atoms with van der Waals surface area (Å²) in [4.78, 5) is 102. The van der Waals surface area contributed by atoms with Crippen molar-refractivity contribution in [2.24, 2.45) is 0 Å². The minimum Gasteiger partial charge on any atom is -0.461 e. The van der Waals surface area contributed by atoms with Gasteiger partial charge in [-0.2, -0.15) is 4.98 Å². The number of ether oxygens (including phenoxy) is 7. The van der Waals surface area contributed by atoms with Crippen molar-refractivity contribution in [1.82, 2.24) is 40.8 Å². The van der Waals surface area contributed by atoms with Gasteiger partial charge in [-0.1, -0.05) is 121 Å². The molecule has 0 fully saturated rings. The van der Waals surface area contributed by atoms with E-state index in [0.717, 1.165) is 11.1 Å². The average Bonchev–Trinajstić information content (AvgIpc) is 3.85. The molecule has 6 rings (SSSR count). The molecule has 0 aliphatic carbocycles. The number of imidazole rings is 1. The summed E-state index contributed by atoms with van der Waals surface area (Å²) in [7, 11) is 0. The van der Waals surface area contributed by atoms with Crippen LogP contribution in [0.15, 0.2) is 132 Å². The molecule has 23 nitrogen and oxygen atoms in total. The second-order valence-corrected chi connectivity index (χ2v) is 17.0. The van der Waals surface area contributed by atoms with Crippen LogP contribution in [0.3, 0.4) is 0 Å². The van der Waals surface area contributed by atoms with E-state index in [2.05, 4.69) is 36.2 Å². The quantitative estimate of drug-likeness (QED) is 0.0181. The second kappa shape index (κ2) is 30.9. The summed E-state index contributed by atoms with van der Waals surface area (Å²) in [6, 6.07) is 33.7. The Hall–Kier alpha value is -8.99. The maximum Gasteiger partial charge on any atom is 0.408 e. The van der Waals surface area contributed by atoms with Crippen LogP contribution < -0.4 is 32.6 Å². The highest BCUT2D eigenvalue weighted by atomic mass is 16.6. The number of benzene rings is 4. The minimum absolute atomic E-state index is 0.0353. The second-order valence-electron chi connectivity index (χ2n) is 17.0. The number of carbonyl (C=O) groups excluding carboxylic acids is 6. The average molecular weight is 1050 g/mol. The first-order valence-corrected chi connectivity index (χ1v) is 24.5. The summed E-state index contributed by atoms with van der Waals surface area (Å²) < 4.78 is 40.2. The number of amides is 4. The molecule has 0 saturated heterocycles. The van der Waals surface area contributed by atoms with Gasteiger partial charge >= 0.3 is 36.3 Å². The molecule has 4 amide bonds. The normalized spacial score (nSPS) is 11.6. The number of hydrogen-bond acceptors (Lipinski definition) is 17. The molecular formula is C53H61N9O14. The van der Waals surface area contributed by atoms with Gasteiger partial charge in [-0.25, -0.2) is 33.8 Å². The molecule has 6 aromatic rings. The highest BCUT2D eigenvalue weighted by Gasteiger charge is 2.28. The largest absolute Gasteiger partial charge is 0.461 e. The van der Waals surface area contributed by atoms with Crippen LogP contribution in [0.25, 0.3) is 11.2 Å². The van der Waals surface area contributed by atoms with E-state index in [1.54, 1.807) is 48.5 Å². The van der Waals surface area contributed by atoms with Gasteiger partial charge in [-0.15, -0.1) is 0 Å². The van der Waals surface area contributed by atoms with E-state index in [-0.39, 0.29) is 76.2 Å². The van der Waals surface area contributed by atoms with Crippen LogP contribution >= 0.6 is 0 Å². The topological polar surface area (TPSA) is 305 Å². The highest BCUT2D eigenvalue weighted by Crippen LogP contribution is 2.13. The molecule has 402 valence electrons. The lowest BCUT2D eigenvalue weighted by Gasteiger charge is -2.23. The Morgan fingerprint density at radius 1 is 0.539 bits per heavy atom. The van der Waals surface area contributed by atoms with E-state index in [1.165, 1.54) is 10.9 Å². The molecule has 0 aliphatic heterocycles. The number of anilines is 1. The fraction of sp³-hybridized carbons (Fsp3) is 0.340. The number of aromatic amines is 1.